The third kappa shape index (κ3) is 0.680. The number of hydrogen-bond acceptors (Lipinski definition) is 4. The molecule has 5 heteroatoms. The van der Waals surface area contributed by atoms with E-state index in [1.807, 2.05) is 0 Å². The van der Waals surface area contributed by atoms with Crippen LogP contribution in [0, 0.1) is 0 Å². The summed E-state index contributed by atoms with van der Waals surface area (Å²) in [6.45, 7) is 0. The highest BCUT2D eigenvalue weighted by Gasteiger charge is 2.06. The molecule has 0 atom stereocenters. The highest BCUT2D eigenvalue weighted by Crippen LogP contribution is 2.13. The maximum absolute atomic E-state index is 4.79. The molecule has 1 aliphatic heterocycles. The monoisotopic (exact) mass is 136 g/mol. The second kappa shape index (κ2) is 1.94. The summed E-state index contributed by atoms with van der Waals surface area (Å²) in [5.74, 6) is 0.407. The Bertz CT molecular complexity index is 288. The Kier molecular flexibility index (Phi) is 1.00. The Morgan fingerprint density at radius 3 is 3.40 bits per heavy atom. The maximum Gasteiger partial charge on any atom is 0.294 e. The summed E-state index contributed by atoms with van der Waals surface area (Å²) in [4.78, 5) is 4.79. The number of allylic oxidation sites excluding steroid dienone is 1. The van der Waals surface area contributed by atoms with Crippen LogP contribution in [0.15, 0.2) is 11.2 Å². The van der Waals surface area contributed by atoms with E-state index >= 15 is 0 Å². The molecular weight excluding hydrogens is 132 g/mol. The molecule has 0 saturated carbocycles. The van der Waals surface area contributed by atoms with Gasteiger partial charge >= 0.3 is 0 Å². The smallest absolute Gasteiger partial charge is 0.294 e. The van der Waals surface area contributed by atoms with Gasteiger partial charge in [0.05, 0.1) is 6.21 Å². The fourth-order valence-corrected chi connectivity index (χ4v) is 0.655. The molecule has 0 radical (unpaired) electrons. The molecule has 0 aliphatic carbocycles. The van der Waals surface area contributed by atoms with Crippen LogP contribution in [0.25, 0.3) is 6.08 Å². The molecule has 1 aliphatic rings. The lowest BCUT2D eigenvalue weighted by molar-refractivity contribution is 0.329. The van der Waals surface area contributed by atoms with Gasteiger partial charge in [0.25, 0.3) is 5.88 Å². The van der Waals surface area contributed by atoms with E-state index in [0.717, 1.165) is 0 Å². The number of nitrogens with zero attached hydrogens (tertiary/aromatic N) is 3. The van der Waals surface area contributed by atoms with Gasteiger partial charge in [0.15, 0.2) is 5.69 Å². The molecule has 50 valence electrons. The highest BCUT2D eigenvalue weighted by molar-refractivity contribution is 5.78. The van der Waals surface area contributed by atoms with Crippen molar-refractivity contribution in [3.05, 3.63) is 11.8 Å². The van der Waals surface area contributed by atoms with Crippen molar-refractivity contribution in [3.63, 3.8) is 0 Å². The van der Waals surface area contributed by atoms with E-state index in [4.69, 9.17) is 4.84 Å². The molecule has 0 unspecified atom stereocenters. The molecule has 0 amide bonds. The molecule has 10 heavy (non-hydrogen) atoms. The average molecular weight is 136 g/mol. The fourth-order valence-electron chi connectivity index (χ4n) is 0.655. The van der Waals surface area contributed by atoms with E-state index in [-0.39, 0.29) is 0 Å². The van der Waals surface area contributed by atoms with Gasteiger partial charge in [0.2, 0.25) is 0 Å². The molecular formula is C5H4N4O. The first-order valence-corrected chi connectivity index (χ1v) is 2.74. The van der Waals surface area contributed by atoms with Crippen molar-refractivity contribution in [1.29, 1.82) is 0 Å². The summed E-state index contributed by atoms with van der Waals surface area (Å²) in [7, 11) is 0. The van der Waals surface area contributed by atoms with Crippen LogP contribution in [0.2, 0.25) is 0 Å². The number of hydrogen-bond donors (Lipinski definition) is 1. The Hall–Kier alpha value is -1.65. The SMILES string of the molecule is C1=Cc2n[nH]nc2ON=C1. The largest absolute Gasteiger partial charge is 0.332 e. The second-order valence-corrected chi connectivity index (χ2v) is 1.72. The molecule has 0 fully saturated rings. The van der Waals surface area contributed by atoms with Crippen LogP contribution in [0.4, 0.5) is 0 Å². The third-order valence-electron chi connectivity index (χ3n) is 1.08. The molecule has 0 spiro atoms. The Morgan fingerprint density at radius 2 is 2.40 bits per heavy atom. The minimum absolute atomic E-state index is 0.407. The number of oxime groups is 1. The molecule has 2 rings (SSSR count). The van der Waals surface area contributed by atoms with Crippen LogP contribution in [-0.4, -0.2) is 21.6 Å². The van der Waals surface area contributed by atoms with Crippen LogP contribution in [0.1, 0.15) is 5.69 Å². The predicted molar refractivity (Wildman–Crippen MR) is 34.5 cm³/mol. The summed E-state index contributed by atoms with van der Waals surface area (Å²) >= 11 is 0. The summed E-state index contributed by atoms with van der Waals surface area (Å²) in [6.07, 6.45) is 5.02. The van der Waals surface area contributed by atoms with Gasteiger partial charge in [-0.2, -0.15) is 10.3 Å². The number of nitrogens with one attached hydrogen (secondary N) is 1. The molecule has 5 nitrogen and oxygen atoms in total. The van der Waals surface area contributed by atoms with Crippen LogP contribution in [0.3, 0.4) is 0 Å². The molecule has 2 heterocycles. The Labute approximate surface area is 56.4 Å². The van der Waals surface area contributed by atoms with Gasteiger partial charge in [0.1, 0.15) is 0 Å². The van der Waals surface area contributed by atoms with Crippen molar-refractivity contribution in [2.45, 2.75) is 0 Å². The molecule has 1 aromatic heterocycles. The van der Waals surface area contributed by atoms with Crippen molar-refractivity contribution in [2.75, 3.05) is 0 Å². The zero-order chi connectivity index (χ0) is 6.81. The summed E-state index contributed by atoms with van der Waals surface area (Å²) in [6, 6.07) is 0. The van der Waals surface area contributed by atoms with Crippen LogP contribution in [-0.2, 0) is 0 Å². The van der Waals surface area contributed by atoms with Gasteiger partial charge in [-0.3, -0.25) is 0 Å². The first-order chi connectivity index (χ1) is 4.97. The van der Waals surface area contributed by atoms with Gasteiger partial charge in [-0.1, -0.05) is 5.16 Å². The van der Waals surface area contributed by atoms with Gasteiger partial charge in [0, 0.05) is 0 Å². The quantitative estimate of drug-likeness (QED) is 0.554. The predicted octanol–water partition coefficient (Wildman–Crippen LogP) is 0.196. The zero-order valence-corrected chi connectivity index (χ0v) is 4.98. The topological polar surface area (TPSA) is 63.2 Å². The summed E-state index contributed by atoms with van der Waals surface area (Å²) in [5.41, 5.74) is 0.664. The van der Waals surface area contributed by atoms with Crippen molar-refractivity contribution >= 4 is 12.3 Å². The fraction of sp³-hybridized carbons (Fsp3) is 0. The number of H-pyrrole nitrogens is 1. The van der Waals surface area contributed by atoms with Crippen molar-refractivity contribution < 1.29 is 4.84 Å². The standard InChI is InChI=1S/C5H4N4O/c1-2-4-5(8-9-7-4)10-6-3-1/h1-3H,(H,7,8,9). The van der Waals surface area contributed by atoms with E-state index < -0.39 is 0 Å². The summed E-state index contributed by atoms with van der Waals surface area (Å²) < 4.78 is 0. The van der Waals surface area contributed by atoms with Crippen molar-refractivity contribution in [3.8, 4) is 5.88 Å². The van der Waals surface area contributed by atoms with Crippen LogP contribution in [0.5, 0.6) is 5.88 Å². The molecule has 0 saturated heterocycles. The van der Waals surface area contributed by atoms with Gasteiger partial charge in [-0.05, 0) is 12.2 Å². The number of aromatic nitrogens is 3. The van der Waals surface area contributed by atoms with E-state index in [2.05, 4.69) is 20.6 Å². The number of fused-ring (bicyclic) bond motifs is 1. The maximum atomic E-state index is 4.79. The normalized spacial score (nSPS) is 14.0. The van der Waals surface area contributed by atoms with Crippen LogP contribution < -0.4 is 4.84 Å². The van der Waals surface area contributed by atoms with Crippen molar-refractivity contribution in [2.24, 2.45) is 5.16 Å². The van der Waals surface area contributed by atoms with E-state index in [0.29, 0.717) is 11.6 Å². The molecule has 0 aromatic carbocycles. The minimum atomic E-state index is 0.407. The molecule has 0 bridgehead atoms. The number of rotatable bonds is 0. The van der Waals surface area contributed by atoms with Gasteiger partial charge < -0.3 is 4.84 Å². The Balaban J connectivity index is 2.50. The summed E-state index contributed by atoms with van der Waals surface area (Å²) in [5, 5.41) is 13.5. The zero-order valence-electron chi connectivity index (χ0n) is 4.98. The first-order valence-electron chi connectivity index (χ1n) is 2.74. The van der Waals surface area contributed by atoms with E-state index in [1.165, 1.54) is 6.21 Å². The van der Waals surface area contributed by atoms with E-state index in [1.54, 1.807) is 12.2 Å². The van der Waals surface area contributed by atoms with E-state index in [9.17, 15) is 0 Å². The molecule has 1 aromatic rings. The van der Waals surface area contributed by atoms with Crippen molar-refractivity contribution in [1.82, 2.24) is 15.4 Å². The van der Waals surface area contributed by atoms with Gasteiger partial charge in [-0.25, -0.2) is 0 Å². The first kappa shape index (κ1) is 5.16. The lowest BCUT2D eigenvalue weighted by atomic mass is 10.4. The second-order valence-electron chi connectivity index (χ2n) is 1.72. The van der Waals surface area contributed by atoms with Crippen LogP contribution >= 0.6 is 0 Å². The highest BCUT2D eigenvalue weighted by atomic mass is 16.6. The Morgan fingerprint density at radius 1 is 1.40 bits per heavy atom. The van der Waals surface area contributed by atoms with Gasteiger partial charge in [-0.15, -0.1) is 5.10 Å². The average Bonchev–Trinajstić information content (AvgIpc) is 2.28. The lowest BCUT2D eigenvalue weighted by Crippen LogP contribution is -1.82. The molecule has 1 N–H and O–H groups in total. The lowest BCUT2D eigenvalue weighted by Gasteiger charge is -1.86. The minimum Gasteiger partial charge on any atom is -0.332 e. The third-order valence-corrected chi connectivity index (χ3v) is 1.08. The number of aromatic amines is 1.